The van der Waals surface area contributed by atoms with E-state index in [0.29, 0.717) is 5.69 Å². The highest BCUT2D eigenvalue weighted by Gasteiger charge is 2.23. The van der Waals surface area contributed by atoms with E-state index >= 15 is 0 Å². The average molecular weight is 267 g/mol. The second-order valence-corrected chi connectivity index (χ2v) is 4.67. The summed E-state index contributed by atoms with van der Waals surface area (Å²) in [7, 11) is 1.30. The molecular formula is C14H18FNO3. The fraction of sp³-hybridized carbons (Fsp3) is 0.429. The third-order valence-corrected chi connectivity index (χ3v) is 2.75. The molecule has 0 aliphatic carbocycles. The number of hydrogen-bond donors (Lipinski definition) is 1. The van der Waals surface area contributed by atoms with Gasteiger partial charge >= 0.3 is 5.97 Å². The highest BCUT2D eigenvalue weighted by Crippen LogP contribution is 2.18. The van der Waals surface area contributed by atoms with Gasteiger partial charge in [0.05, 0.1) is 7.11 Å². The van der Waals surface area contributed by atoms with Crippen molar-refractivity contribution in [2.45, 2.75) is 26.8 Å². The molecule has 5 heteroatoms. The van der Waals surface area contributed by atoms with Gasteiger partial charge in [0, 0.05) is 11.3 Å². The van der Waals surface area contributed by atoms with Crippen molar-refractivity contribution in [2.75, 3.05) is 12.4 Å². The summed E-state index contributed by atoms with van der Waals surface area (Å²) in [5.41, 5.74) is 0.643. The van der Waals surface area contributed by atoms with Gasteiger partial charge in [-0.2, -0.15) is 0 Å². The first-order valence-corrected chi connectivity index (χ1v) is 6.01. The number of carbonyl (C=O) groups is 2. The molecule has 19 heavy (non-hydrogen) atoms. The fourth-order valence-electron chi connectivity index (χ4n) is 1.68. The van der Waals surface area contributed by atoms with Gasteiger partial charge in [0.25, 0.3) is 0 Å². The number of halogens is 1. The Hall–Kier alpha value is -1.91. The molecule has 4 nitrogen and oxygen atoms in total. The summed E-state index contributed by atoms with van der Waals surface area (Å²) in [4.78, 5) is 22.9. The van der Waals surface area contributed by atoms with Crippen molar-refractivity contribution in [3.8, 4) is 0 Å². The summed E-state index contributed by atoms with van der Waals surface area (Å²) in [6.45, 7) is 5.05. The molecule has 0 bridgehead atoms. The zero-order valence-electron chi connectivity index (χ0n) is 11.5. The minimum Gasteiger partial charge on any atom is -0.467 e. The molecule has 0 aromatic heterocycles. The first-order chi connectivity index (χ1) is 8.85. The number of carbonyl (C=O) groups excluding carboxylic acids is 2. The highest BCUT2D eigenvalue weighted by atomic mass is 19.1. The van der Waals surface area contributed by atoms with E-state index in [1.807, 2.05) is 13.8 Å². The summed E-state index contributed by atoms with van der Waals surface area (Å²) in [5.74, 6) is -1.22. The van der Waals surface area contributed by atoms with Gasteiger partial charge in [-0.1, -0.05) is 13.8 Å². The number of nitrogens with one attached hydrogen (secondary N) is 1. The molecule has 104 valence electrons. The van der Waals surface area contributed by atoms with Crippen LogP contribution in [0.5, 0.6) is 0 Å². The van der Waals surface area contributed by atoms with Gasteiger partial charge in [-0.25, -0.2) is 9.18 Å². The topological polar surface area (TPSA) is 55.4 Å². The molecule has 1 N–H and O–H groups in total. The van der Waals surface area contributed by atoms with Crippen LogP contribution in [0.25, 0.3) is 0 Å². The van der Waals surface area contributed by atoms with Crippen molar-refractivity contribution < 1.29 is 18.7 Å². The van der Waals surface area contributed by atoms with Gasteiger partial charge in [-0.15, -0.1) is 0 Å². The number of rotatable bonds is 5. The van der Waals surface area contributed by atoms with Crippen LogP contribution in [0.4, 0.5) is 10.1 Å². The van der Waals surface area contributed by atoms with Gasteiger partial charge in [-0.05, 0) is 31.0 Å². The number of Topliss-reactive ketones (excluding diaryl/α,β-unsaturated/α-hetero) is 1. The smallest absolute Gasteiger partial charge is 0.328 e. The van der Waals surface area contributed by atoms with E-state index in [2.05, 4.69) is 5.32 Å². The number of hydrogen-bond acceptors (Lipinski definition) is 4. The van der Waals surface area contributed by atoms with E-state index in [1.54, 1.807) is 0 Å². The number of esters is 1. The van der Waals surface area contributed by atoms with Crippen LogP contribution in [0.15, 0.2) is 18.2 Å². The monoisotopic (exact) mass is 267 g/mol. The van der Waals surface area contributed by atoms with Crippen LogP contribution < -0.4 is 5.32 Å². The van der Waals surface area contributed by atoms with E-state index < -0.39 is 17.8 Å². The second kappa shape index (κ2) is 6.31. The van der Waals surface area contributed by atoms with Crippen LogP contribution in [0, 0.1) is 11.7 Å². The van der Waals surface area contributed by atoms with E-state index in [-0.39, 0.29) is 17.3 Å². The molecule has 0 aliphatic heterocycles. The maximum atomic E-state index is 13.4. The van der Waals surface area contributed by atoms with Crippen molar-refractivity contribution in [1.82, 2.24) is 0 Å². The molecule has 0 saturated carbocycles. The lowest BCUT2D eigenvalue weighted by Gasteiger charge is -2.21. The quantitative estimate of drug-likeness (QED) is 0.658. The van der Waals surface area contributed by atoms with E-state index in [1.165, 1.54) is 26.2 Å². The van der Waals surface area contributed by atoms with Crippen LogP contribution in [-0.4, -0.2) is 24.9 Å². The molecule has 1 aromatic carbocycles. The summed E-state index contributed by atoms with van der Waals surface area (Å²) >= 11 is 0. The molecule has 0 spiro atoms. The third kappa shape index (κ3) is 4.05. The number of methoxy groups -OCH3 is 1. The molecule has 1 aromatic rings. The van der Waals surface area contributed by atoms with Crippen LogP contribution in [0.2, 0.25) is 0 Å². The number of ether oxygens (including phenoxy) is 1. The van der Waals surface area contributed by atoms with Gasteiger partial charge in [0.2, 0.25) is 0 Å². The van der Waals surface area contributed by atoms with E-state index in [9.17, 15) is 14.0 Å². The number of anilines is 1. The predicted molar refractivity (Wildman–Crippen MR) is 70.7 cm³/mol. The van der Waals surface area contributed by atoms with Gasteiger partial charge < -0.3 is 10.1 Å². The normalized spacial score (nSPS) is 12.1. The van der Waals surface area contributed by atoms with Crippen molar-refractivity contribution in [3.05, 3.63) is 29.6 Å². The van der Waals surface area contributed by atoms with Crippen molar-refractivity contribution >= 4 is 17.4 Å². The van der Waals surface area contributed by atoms with Crippen LogP contribution in [-0.2, 0) is 9.53 Å². The fourth-order valence-corrected chi connectivity index (χ4v) is 1.68. The molecule has 0 aliphatic rings. The molecule has 1 unspecified atom stereocenters. The molecule has 0 amide bonds. The maximum absolute atomic E-state index is 13.4. The Kier molecular flexibility index (Phi) is 5.03. The predicted octanol–water partition coefficient (Wildman–Crippen LogP) is 2.64. The second-order valence-electron chi connectivity index (χ2n) is 4.67. The summed E-state index contributed by atoms with van der Waals surface area (Å²) < 4.78 is 18.1. The molecule has 1 atom stereocenters. The Labute approximate surface area is 112 Å². The van der Waals surface area contributed by atoms with Crippen molar-refractivity contribution in [1.29, 1.82) is 0 Å². The Morgan fingerprint density at radius 2 is 1.89 bits per heavy atom. The molecule has 0 radical (unpaired) electrons. The Balaban J connectivity index is 3.02. The Morgan fingerprint density at radius 3 is 2.37 bits per heavy atom. The van der Waals surface area contributed by atoms with Crippen LogP contribution >= 0.6 is 0 Å². The lowest BCUT2D eigenvalue weighted by molar-refractivity contribution is -0.142. The minimum atomic E-state index is -0.591. The zero-order valence-corrected chi connectivity index (χ0v) is 11.5. The van der Waals surface area contributed by atoms with Crippen molar-refractivity contribution in [2.24, 2.45) is 5.92 Å². The number of benzene rings is 1. The average Bonchev–Trinajstić information content (AvgIpc) is 2.34. The standard InChI is InChI=1S/C14H18FNO3/c1-8(2)13(14(18)19-4)16-12-6-10(9(3)17)5-11(15)7-12/h5-8,13,16H,1-4H3. The maximum Gasteiger partial charge on any atom is 0.328 e. The molecule has 0 heterocycles. The van der Waals surface area contributed by atoms with Crippen LogP contribution in [0.3, 0.4) is 0 Å². The summed E-state index contributed by atoms with van der Waals surface area (Å²) in [6, 6.07) is 3.33. The van der Waals surface area contributed by atoms with E-state index in [4.69, 9.17) is 4.74 Å². The molecule has 0 fully saturated rings. The largest absolute Gasteiger partial charge is 0.467 e. The van der Waals surface area contributed by atoms with Gasteiger partial charge in [0.1, 0.15) is 11.9 Å². The van der Waals surface area contributed by atoms with Gasteiger partial charge in [-0.3, -0.25) is 4.79 Å². The van der Waals surface area contributed by atoms with E-state index in [0.717, 1.165) is 6.07 Å². The van der Waals surface area contributed by atoms with Crippen LogP contribution in [0.1, 0.15) is 31.1 Å². The summed E-state index contributed by atoms with van der Waals surface area (Å²) in [5, 5.41) is 2.90. The molecule has 0 saturated heterocycles. The Bertz CT molecular complexity index is 486. The minimum absolute atomic E-state index is 0.0310. The SMILES string of the molecule is COC(=O)C(Nc1cc(F)cc(C(C)=O)c1)C(C)C. The lowest BCUT2D eigenvalue weighted by atomic mass is 10.0. The zero-order chi connectivity index (χ0) is 14.6. The molecular weight excluding hydrogens is 249 g/mol. The third-order valence-electron chi connectivity index (χ3n) is 2.75. The van der Waals surface area contributed by atoms with Crippen molar-refractivity contribution in [3.63, 3.8) is 0 Å². The lowest BCUT2D eigenvalue weighted by Crippen LogP contribution is -2.35. The first-order valence-electron chi connectivity index (χ1n) is 6.01. The highest BCUT2D eigenvalue weighted by molar-refractivity contribution is 5.95. The van der Waals surface area contributed by atoms with Gasteiger partial charge in [0.15, 0.2) is 5.78 Å². The first kappa shape index (κ1) is 15.1. The number of ketones is 1. The Morgan fingerprint density at radius 1 is 1.26 bits per heavy atom. The summed E-state index contributed by atoms with van der Waals surface area (Å²) in [6.07, 6.45) is 0. The molecule has 1 rings (SSSR count).